The van der Waals surface area contributed by atoms with Crippen LogP contribution in [0.4, 0.5) is 0 Å². The van der Waals surface area contributed by atoms with Gasteiger partial charge in [0.25, 0.3) is 0 Å². The largest absolute Gasteiger partial charge is 0.314 e. The van der Waals surface area contributed by atoms with E-state index in [1.807, 2.05) is 18.7 Å². The fourth-order valence-electron chi connectivity index (χ4n) is 16.8. The van der Waals surface area contributed by atoms with Gasteiger partial charge in [0.2, 0.25) is 5.91 Å². The second-order valence-corrected chi connectivity index (χ2v) is 45.4. The van der Waals surface area contributed by atoms with Gasteiger partial charge in [-0.15, -0.1) is 5.10 Å². The van der Waals surface area contributed by atoms with Crippen molar-refractivity contribution in [2.75, 3.05) is 132 Å². The number of ketones is 1. The smallest absolute Gasteiger partial charge is 0.0234 e. The molecule has 1 amide bonds. The Labute approximate surface area is 666 Å². The first-order valence-corrected chi connectivity index (χ1v) is 49.2. The molecule has 20 nitrogen and oxygen atoms in total. The number of esters is 2. The van der Waals surface area contributed by atoms with Crippen LogP contribution in [-0.2, 0) is 80.6 Å². The van der Waals surface area contributed by atoms with E-state index in [2.05, 4.69) is 188 Å². The van der Waals surface area contributed by atoms with Gasteiger partial charge in [0.1, 0.15) is 5.78 Å². The van der Waals surface area contributed by atoms with Gasteiger partial charge in [0, 0.05) is 195 Å². The second kappa shape index (κ2) is 52.0. The molecule has 4 aliphatic carbocycles. The number of hydrogen-bond acceptors (Lipinski definition) is 18. The Morgan fingerprint density at radius 1 is 0.481 bits per heavy atom. The molecule has 5 heterocycles. The fourth-order valence-corrected chi connectivity index (χ4v) is 16.8. The molecule has 4 saturated carbocycles. The number of rotatable bonds is 21. The molecular weight excluding hydrogens is 1480 g/mol. The van der Waals surface area contributed by atoms with E-state index in [4.69, 9.17) is 46.7 Å². The van der Waals surface area contributed by atoms with Crippen LogP contribution in [0.3, 0.4) is 0 Å². The summed E-state index contributed by atoms with van der Waals surface area (Å²) in [6.45, 7) is 27.2. The van der Waals surface area contributed by atoms with Crippen molar-refractivity contribution >= 4 is 60.8 Å². The molecule has 13 rings (SSSR count). The van der Waals surface area contributed by atoms with Crippen molar-refractivity contribution in [3.63, 3.8) is 0 Å². The Balaban J connectivity index is 0.000000188. The third-order valence-electron chi connectivity index (χ3n) is 22.5. The number of nitrogens with zero attached hydrogens (tertiary/aromatic N) is 11. The third kappa shape index (κ3) is 34.9. The molecule has 25 heteroatoms. The number of halogens is 4. The number of Topliss-reactive ketones (excluding diaryl/α,β-unsaturated/α-hetero) is 1. The molecule has 0 spiro atoms. The second-order valence-electron chi connectivity index (χ2n) is 29.9. The quantitative estimate of drug-likeness (QED) is 0.0462. The number of aryl methyl sites for hydroxylation is 1. The Bertz CT molecular complexity index is 3210. The summed E-state index contributed by atoms with van der Waals surface area (Å²) in [5, 5.41) is 18.2. The van der Waals surface area contributed by atoms with Crippen LogP contribution in [0.1, 0.15) is 164 Å². The van der Waals surface area contributed by atoms with Gasteiger partial charge in [0.05, 0.1) is 19.6 Å². The molecule has 8 aliphatic rings. The molecule has 5 aromatic rings. The number of aromatic nitrogens is 4. The van der Waals surface area contributed by atoms with Crippen molar-refractivity contribution in [3.8, 4) is 0 Å². The minimum absolute atomic E-state index is 0.0119. The summed E-state index contributed by atoms with van der Waals surface area (Å²) in [6.07, 6.45) is 21.5. The van der Waals surface area contributed by atoms with E-state index < -0.39 is 12.3 Å². The van der Waals surface area contributed by atoms with Crippen LogP contribution in [0, 0.1) is 23.7 Å². The van der Waals surface area contributed by atoms with Crippen molar-refractivity contribution in [2.24, 2.45) is 36.5 Å². The summed E-state index contributed by atoms with van der Waals surface area (Å²) < 4.78 is 11.8. The molecule has 4 aliphatic heterocycles. The SMILES string of the molecule is CCOC(=O)CC1CCCCC1=O.CCOC(=O)CC1CCCCC1N1CCN(Cc2ccccc2)CC1.CN.CNC(=O)CC1CCCCC1N1CCN(Cc2ccccc2)CC1.Cn1nnnc1CC1CCCCC1N1CCN(Cc2ccccc2)CC1.[Cl][Ti]([Cl])([Cl])[Cl].c1ccc(CN2CCNCC2)cc1. The first-order valence-electron chi connectivity index (χ1n) is 40.6. The van der Waals surface area contributed by atoms with Gasteiger partial charge >= 0.3 is 61.5 Å². The molecule has 1 aromatic heterocycles. The Morgan fingerprint density at radius 3 is 1.19 bits per heavy atom. The number of benzene rings is 4. The molecule has 0 bridgehead atoms. The number of piperazine rings is 4. The van der Waals surface area contributed by atoms with Gasteiger partial charge in [-0.3, -0.25) is 53.5 Å². The summed E-state index contributed by atoms with van der Waals surface area (Å²) >= 11 is -3.11. The number of amides is 1. The minimum Gasteiger partial charge on any atom is -0.314 e. The zero-order valence-electron chi connectivity index (χ0n) is 65.7. The standard InChI is InChI=1S/C21H32N2O2.C20H30N6.C20H31N3O.C11H16N2.C10H16O3.CH5N.4ClH.Ti/c1-2-25-21(24)16-19-10-6-7-11-20(19)23-14-12-22(13-15-23)17-18-8-4-3-5-9-18;1-24-20(21-22-23-24)15-18-9-5-6-10-19(18)26-13-11-25(12-14-26)16-17-7-3-2-4-8-17;1-21-20(24)15-18-9-5-6-10-19(18)23-13-11-22(12-14-23)16-17-7-3-2-4-8-17;1-2-4-11(5-3-1)10-13-8-6-12-7-9-13;1-2-13-10(12)7-8-5-3-4-6-9(8)11;1-2;;;;;/h3-5,8-9,19-20H,2,6-7,10-17H2,1H3;2-4,7-8,18-19H,5-6,9-16H2,1H3;2-4,7-8,18-19H,5-6,9-16H2,1H3,(H,21,24);1-5,12H,6-10H2;8H,2-7H2,1H3;2H2,1H3;4*1H;/q;;;;;;;;;;+4/p-4. The van der Waals surface area contributed by atoms with Gasteiger partial charge in [-0.25, -0.2) is 4.68 Å². The maximum absolute atomic E-state index is 11.9. The Hall–Kier alpha value is -4.46. The molecule has 4 N–H and O–H groups in total. The van der Waals surface area contributed by atoms with E-state index in [1.54, 1.807) is 14.0 Å². The van der Waals surface area contributed by atoms with Crippen molar-refractivity contribution in [2.45, 2.75) is 187 Å². The Morgan fingerprint density at radius 2 is 0.824 bits per heavy atom. The fraction of sp³-hybridized carbons (Fsp3) is 0.651. The van der Waals surface area contributed by atoms with Crippen LogP contribution in [0.15, 0.2) is 121 Å². The number of ether oxygens (including phenoxy) is 2. The van der Waals surface area contributed by atoms with Crippen molar-refractivity contribution in [3.05, 3.63) is 149 Å². The molecule has 600 valence electrons. The van der Waals surface area contributed by atoms with E-state index in [1.165, 1.54) is 146 Å². The average Bonchev–Trinajstić information content (AvgIpc) is 1.11. The molecule has 108 heavy (non-hydrogen) atoms. The van der Waals surface area contributed by atoms with E-state index in [-0.39, 0.29) is 36.0 Å². The summed E-state index contributed by atoms with van der Waals surface area (Å²) in [7, 11) is 25.3. The van der Waals surface area contributed by atoms with Crippen LogP contribution < -0.4 is 16.4 Å². The topological polar surface area (TPSA) is 203 Å². The predicted molar refractivity (Wildman–Crippen MR) is 436 cm³/mol. The van der Waals surface area contributed by atoms with Crippen LogP contribution in [0.2, 0.25) is 0 Å². The summed E-state index contributed by atoms with van der Waals surface area (Å²) in [5.41, 5.74) is 10.1. The zero-order chi connectivity index (χ0) is 77.1. The van der Waals surface area contributed by atoms with Crippen LogP contribution >= 0.6 is 37.2 Å². The van der Waals surface area contributed by atoms with Crippen molar-refractivity contribution < 1.29 is 41.0 Å². The number of nitrogens with two attached hydrogens (primary N) is 1. The van der Waals surface area contributed by atoms with Gasteiger partial charge in [-0.05, 0) is 123 Å². The van der Waals surface area contributed by atoms with Gasteiger partial charge in [0.15, 0.2) is 5.82 Å². The van der Waals surface area contributed by atoms with Crippen LogP contribution in [0.5, 0.6) is 0 Å². The number of tetrazole rings is 1. The average molecular weight is 1610 g/mol. The maximum atomic E-state index is 11.9. The number of hydrogen-bond donors (Lipinski definition) is 3. The maximum Gasteiger partial charge on any atom is 0.0234 e. The predicted octanol–water partition coefficient (Wildman–Crippen LogP) is 13.1. The van der Waals surface area contributed by atoms with E-state index in [9.17, 15) is 19.2 Å². The van der Waals surface area contributed by atoms with E-state index in [0.717, 1.165) is 123 Å². The Kier molecular flexibility index (Phi) is 43.7. The summed E-state index contributed by atoms with van der Waals surface area (Å²) in [4.78, 5) is 64.4. The number of carbonyl (C=O) groups is 4. The van der Waals surface area contributed by atoms with Crippen LogP contribution in [0.25, 0.3) is 0 Å². The number of carbonyl (C=O) groups excluding carboxylic acids is 4. The zero-order valence-corrected chi connectivity index (χ0v) is 70.3. The molecule has 0 radical (unpaired) electrons. The van der Waals surface area contributed by atoms with Gasteiger partial charge in [-0.1, -0.05) is 166 Å². The normalized spacial score (nSPS) is 23.5. The van der Waals surface area contributed by atoms with Crippen molar-refractivity contribution in [1.82, 2.24) is 65.1 Å². The summed E-state index contributed by atoms with van der Waals surface area (Å²) in [5.74, 6) is 2.87. The van der Waals surface area contributed by atoms with Gasteiger partial charge in [-0.2, -0.15) is 0 Å². The minimum atomic E-state index is -3.11. The molecule has 7 unspecified atom stereocenters. The monoisotopic (exact) mass is 1610 g/mol. The molecule has 4 saturated heterocycles. The third-order valence-corrected chi connectivity index (χ3v) is 22.5. The van der Waals surface area contributed by atoms with Crippen LogP contribution in [-0.4, -0.2) is 228 Å². The first-order chi connectivity index (χ1) is 52.5. The van der Waals surface area contributed by atoms with Crippen molar-refractivity contribution in [1.29, 1.82) is 0 Å². The van der Waals surface area contributed by atoms with E-state index in [0.29, 0.717) is 68.4 Å². The van der Waals surface area contributed by atoms with E-state index >= 15 is 0 Å². The molecular formula is C83H130Cl4N14O6Ti. The molecule has 8 fully saturated rings. The van der Waals surface area contributed by atoms with Gasteiger partial charge < -0.3 is 25.8 Å². The molecule has 7 atom stereocenters. The first kappa shape index (κ1) is 90.7. The summed E-state index contributed by atoms with van der Waals surface area (Å²) in [6, 6.07) is 44.9. The number of nitrogens with one attached hydrogen (secondary N) is 2. The molecule has 4 aromatic carbocycles.